The van der Waals surface area contributed by atoms with E-state index in [0.29, 0.717) is 0 Å². The summed E-state index contributed by atoms with van der Waals surface area (Å²) >= 11 is 0. The fraction of sp³-hybridized carbons (Fsp3) is 0.154. The van der Waals surface area contributed by atoms with E-state index in [1.807, 2.05) is 19.1 Å². The number of fused-ring (bicyclic) bond motifs is 1. The van der Waals surface area contributed by atoms with Crippen molar-refractivity contribution in [1.82, 2.24) is 0 Å². The van der Waals surface area contributed by atoms with Gasteiger partial charge in [0.15, 0.2) is 34.9 Å². The summed E-state index contributed by atoms with van der Waals surface area (Å²) in [6, 6.07) is 9.34. The Hall–Kier alpha value is -3.41. The van der Waals surface area contributed by atoms with Crippen LogP contribution in [0, 0.1) is 17.5 Å². The predicted octanol–water partition coefficient (Wildman–Crippen LogP) is 8.10. The highest BCUT2D eigenvalue weighted by atomic mass is 19.2. The zero-order valence-corrected chi connectivity index (χ0v) is 17.4. The second-order valence-corrected chi connectivity index (χ2v) is 7.06. The Labute approximate surface area is 183 Å². The maximum absolute atomic E-state index is 14.8. The smallest absolute Gasteiger partial charge is 0.175 e. The molecule has 0 unspecified atom stereocenters. The lowest BCUT2D eigenvalue weighted by Gasteiger charge is -2.11. The SMILES string of the molecule is C=CCOc1ccc2cc(C(F)=C(F)c3ccc(CC/C=C/C)cc3)c(F)c(F)c2c1F. The molecule has 0 spiro atoms. The molecule has 0 heterocycles. The second-order valence-electron chi connectivity index (χ2n) is 7.06. The average molecular weight is 444 g/mol. The summed E-state index contributed by atoms with van der Waals surface area (Å²) in [6.45, 7) is 5.29. The molecule has 0 N–H and O–H groups in total. The number of aryl methyl sites for hydroxylation is 1. The summed E-state index contributed by atoms with van der Waals surface area (Å²) in [4.78, 5) is 0. The lowest BCUT2D eigenvalue weighted by Crippen LogP contribution is -2.00. The highest BCUT2D eigenvalue weighted by Crippen LogP contribution is 2.36. The number of allylic oxidation sites excluding steroid dienone is 2. The van der Waals surface area contributed by atoms with Crippen LogP contribution in [0.2, 0.25) is 0 Å². The van der Waals surface area contributed by atoms with Crippen LogP contribution in [0.3, 0.4) is 0 Å². The van der Waals surface area contributed by atoms with Crippen molar-refractivity contribution in [2.24, 2.45) is 0 Å². The predicted molar refractivity (Wildman–Crippen MR) is 118 cm³/mol. The molecule has 1 nitrogen and oxygen atoms in total. The summed E-state index contributed by atoms with van der Waals surface area (Å²) in [7, 11) is 0. The average Bonchev–Trinajstić information content (AvgIpc) is 2.80. The van der Waals surface area contributed by atoms with Crippen molar-refractivity contribution in [2.45, 2.75) is 19.8 Å². The van der Waals surface area contributed by atoms with Crippen LogP contribution in [-0.2, 0) is 6.42 Å². The molecule has 32 heavy (non-hydrogen) atoms. The van der Waals surface area contributed by atoms with Crippen molar-refractivity contribution in [3.05, 3.63) is 101 Å². The third kappa shape index (κ3) is 4.74. The molecule has 0 radical (unpaired) electrons. The lowest BCUT2D eigenvalue weighted by atomic mass is 10.0. The molecule has 0 saturated heterocycles. The molecule has 166 valence electrons. The van der Waals surface area contributed by atoms with Crippen LogP contribution in [-0.4, -0.2) is 6.61 Å². The van der Waals surface area contributed by atoms with Gasteiger partial charge >= 0.3 is 0 Å². The first-order chi connectivity index (χ1) is 15.4. The van der Waals surface area contributed by atoms with Gasteiger partial charge in [-0.2, -0.15) is 0 Å². The quantitative estimate of drug-likeness (QED) is 0.194. The largest absolute Gasteiger partial charge is 0.486 e. The van der Waals surface area contributed by atoms with Gasteiger partial charge in [-0.05, 0) is 42.8 Å². The van der Waals surface area contributed by atoms with E-state index in [2.05, 4.69) is 6.58 Å². The van der Waals surface area contributed by atoms with Crippen molar-refractivity contribution >= 4 is 22.4 Å². The van der Waals surface area contributed by atoms with Crippen LogP contribution in [0.1, 0.15) is 30.0 Å². The Bertz CT molecular complexity index is 1190. The fourth-order valence-corrected chi connectivity index (χ4v) is 3.26. The Morgan fingerprint density at radius 3 is 2.31 bits per heavy atom. The molecule has 6 heteroatoms. The van der Waals surface area contributed by atoms with Crippen molar-refractivity contribution < 1.29 is 26.7 Å². The standard InChI is InChI=1S/C26H21F5O/c1-3-5-6-7-16-8-10-17(11-9-16)22(27)23(28)19-15-18-12-13-20(32-14-4-2)25(30)21(18)26(31)24(19)29/h3-5,8-13,15H,2,6-7,14H2,1H3/b5-3+,23-22?. The van der Waals surface area contributed by atoms with Crippen LogP contribution >= 0.6 is 0 Å². The fourth-order valence-electron chi connectivity index (χ4n) is 3.26. The number of hydrogen-bond acceptors (Lipinski definition) is 1. The summed E-state index contributed by atoms with van der Waals surface area (Å²) in [5.74, 6) is -7.66. The van der Waals surface area contributed by atoms with Crippen LogP contribution in [0.4, 0.5) is 22.0 Å². The number of rotatable bonds is 8. The molecule has 0 aliphatic carbocycles. The second kappa shape index (κ2) is 10.3. The first-order valence-electron chi connectivity index (χ1n) is 9.99. The highest BCUT2D eigenvalue weighted by Gasteiger charge is 2.23. The Morgan fingerprint density at radius 1 is 0.938 bits per heavy atom. The minimum absolute atomic E-state index is 0.0404. The third-order valence-corrected chi connectivity index (χ3v) is 4.92. The van der Waals surface area contributed by atoms with Crippen LogP contribution in [0.15, 0.2) is 67.3 Å². The van der Waals surface area contributed by atoms with E-state index in [9.17, 15) is 22.0 Å². The van der Waals surface area contributed by atoms with E-state index >= 15 is 0 Å². The van der Waals surface area contributed by atoms with Gasteiger partial charge < -0.3 is 4.74 Å². The number of hydrogen-bond donors (Lipinski definition) is 0. The van der Waals surface area contributed by atoms with Crippen molar-refractivity contribution in [2.75, 3.05) is 6.61 Å². The first-order valence-corrected chi connectivity index (χ1v) is 9.99. The van der Waals surface area contributed by atoms with E-state index < -0.39 is 40.1 Å². The number of ether oxygens (including phenoxy) is 1. The molecular weight excluding hydrogens is 423 g/mol. The Kier molecular flexibility index (Phi) is 7.46. The number of halogens is 5. The van der Waals surface area contributed by atoms with Crippen LogP contribution < -0.4 is 4.74 Å². The lowest BCUT2D eigenvalue weighted by molar-refractivity contribution is 0.343. The summed E-state index contributed by atoms with van der Waals surface area (Å²) in [5, 5.41) is -0.837. The molecule has 3 rings (SSSR count). The van der Waals surface area contributed by atoms with Gasteiger partial charge in [0.1, 0.15) is 6.61 Å². The van der Waals surface area contributed by atoms with Gasteiger partial charge in [-0.1, -0.05) is 55.1 Å². The van der Waals surface area contributed by atoms with Gasteiger partial charge in [0.05, 0.1) is 10.9 Å². The first kappa shape index (κ1) is 23.3. The molecule has 3 aromatic carbocycles. The van der Waals surface area contributed by atoms with Crippen molar-refractivity contribution in [3.8, 4) is 5.75 Å². The third-order valence-electron chi connectivity index (χ3n) is 4.92. The molecule has 0 aromatic heterocycles. The number of benzene rings is 3. The monoisotopic (exact) mass is 444 g/mol. The van der Waals surface area contributed by atoms with E-state index in [0.717, 1.165) is 24.5 Å². The van der Waals surface area contributed by atoms with E-state index in [1.54, 1.807) is 12.1 Å². The maximum atomic E-state index is 14.8. The molecule has 0 amide bonds. The van der Waals surface area contributed by atoms with Crippen molar-refractivity contribution in [3.63, 3.8) is 0 Å². The van der Waals surface area contributed by atoms with Gasteiger partial charge in [-0.15, -0.1) is 0 Å². The van der Waals surface area contributed by atoms with E-state index in [4.69, 9.17) is 4.74 Å². The van der Waals surface area contributed by atoms with Gasteiger partial charge in [-0.3, -0.25) is 0 Å². The summed E-state index contributed by atoms with van der Waals surface area (Å²) in [5.41, 5.74) is -0.117. The van der Waals surface area contributed by atoms with Gasteiger partial charge in [0.2, 0.25) is 0 Å². The van der Waals surface area contributed by atoms with Gasteiger partial charge in [0.25, 0.3) is 0 Å². The minimum Gasteiger partial charge on any atom is -0.486 e. The molecule has 0 atom stereocenters. The Morgan fingerprint density at radius 2 is 1.66 bits per heavy atom. The van der Waals surface area contributed by atoms with E-state index in [-0.39, 0.29) is 23.3 Å². The molecular formula is C26H21F5O. The summed E-state index contributed by atoms with van der Waals surface area (Å²) < 4.78 is 78.5. The summed E-state index contributed by atoms with van der Waals surface area (Å²) in [6.07, 6.45) is 6.81. The Balaban J connectivity index is 2.01. The highest BCUT2D eigenvalue weighted by molar-refractivity contribution is 5.91. The maximum Gasteiger partial charge on any atom is 0.175 e. The molecule has 0 aliphatic heterocycles. The van der Waals surface area contributed by atoms with Crippen LogP contribution in [0.25, 0.3) is 22.4 Å². The zero-order valence-electron chi connectivity index (χ0n) is 17.4. The van der Waals surface area contributed by atoms with Crippen molar-refractivity contribution in [1.29, 1.82) is 0 Å². The van der Waals surface area contributed by atoms with Crippen LogP contribution in [0.5, 0.6) is 5.75 Å². The molecule has 0 aliphatic rings. The molecule has 0 saturated carbocycles. The zero-order chi connectivity index (χ0) is 23.3. The van der Waals surface area contributed by atoms with E-state index in [1.165, 1.54) is 30.3 Å². The van der Waals surface area contributed by atoms with Gasteiger partial charge in [-0.25, -0.2) is 22.0 Å². The topological polar surface area (TPSA) is 9.23 Å². The van der Waals surface area contributed by atoms with Gasteiger partial charge in [0, 0.05) is 5.56 Å². The molecule has 3 aromatic rings. The normalized spacial score (nSPS) is 12.3. The molecule has 0 bridgehead atoms. The minimum atomic E-state index is -1.69. The molecule has 0 fully saturated rings.